The van der Waals surface area contributed by atoms with Crippen LogP contribution in [0.4, 0.5) is 4.39 Å². The van der Waals surface area contributed by atoms with Crippen LogP contribution in [0.3, 0.4) is 0 Å². The molecule has 29 heavy (non-hydrogen) atoms. The maximum absolute atomic E-state index is 14.3. The summed E-state index contributed by atoms with van der Waals surface area (Å²) in [6.45, 7) is 1.76. The second kappa shape index (κ2) is 7.84. The van der Waals surface area contributed by atoms with Gasteiger partial charge in [-0.1, -0.05) is 28.9 Å². The Morgan fingerprint density at radius 1 is 1.24 bits per heavy atom. The highest BCUT2D eigenvalue weighted by Gasteiger charge is 2.25. The quantitative estimate of drug-likeness (QED) is 0.537. The molecule has 1 N–H and O–H groups in total. The monoisotopic (exact) mass is 411 g/mol. The van der Waals surface area contributed by atoms with E-state index in [4.69, 9.17) is 16.1 Å². The van der Waals surface area contributed by atoms with Gasteiger partial charge in [-0.15, -0.1) is 0 Å². The van der Waals surface area contributed by atoms with Crippen LogP contribution in [0.25, 0.3) is 17.1 Å². The normalized spacial score (nSPS) is 10.9. The molecule has 0 saturated heterocycles. The van der Waals surface area contributed by atoms with Gasteiger partial charge in [0.15, 0.2) is 5.82 Å². The first-order chi connectivity index (χ1) is 14.1. The summed E-state index contributed by atoms with van der Waals surface area (Å²) in [4.78, 5) is 17.2. The van der Waals surface area contributed by atoms with Crippen LogP contribution in [0.5, 0.6) is 0 Å². The van der Waals surface area contributed by atoms with Crippen LogP contribution < -0.4 is 5.32 Å². The number of hydrogen-bond donors (Lipinski definition) is 1. The molecule has 1 amide bonds. The largest absolute Gasteiger partial charge is 0.360 e. The summed E-state index contributed by atoms with van der Waals surface area (Å²) in [5.74, 6) is -0.200. The summed E-state index contributed by atoms with van der Waals surface area (Å²) in [6.07, 6.45) is 5.04. The summed E-state index contributed by atoms with van der Waals surface area (Å²) in [5.41, 5.74) is 0.960. The van der Waals surface area contributed by atoms with Crippen molar-refractivity contribution in [1.82, 2.24) is 25.2 Å². The predicted molar refractivity (Wildman–Crippen MR) is 104 cm³/mol. The van der Waals surface area contributed by atoms with Crippen molar-refractivity contribution in [2.75, 3.05) is 0 Å². The van der Waals surface area contributed by atoms with Crippen molar-refractivity contribution in [1.29, 1.82) is 0 Å². The fraction of sp³-hybridized carbons (Fsp3) is 0.100. The topological polar surface area (TPSA) is 85.8 Å². The molecule has 3 heterocycles. The van der Waals surface area contributed by atoms with Gasteiger partial charge in [0.25, 0.3) is 5.91 Å². The minimum Gasteiger partial charge on any atom is -0.360 e. The lowest BCUT2D eigenvalue weighted by Gasteiger charge is -2.10. The number of nitrogens with zero attached hydrogens (tertiary/aromatic N) is 4. The average Bonchev–Trinajstić information content (AvgIpc) is 3.37. The van der Waals surface area contributed by atoms with Gasteiger partial charge in [-0.05, 0) is 31.2 Å². The lowest BCUT2D eigenvalue weighted by Crippen LogP contribution is -2.24. The molecule has 0 atom stereocenters. The number of amides is 1. The van der Waals surface area contributed by atoms with Crippen LogP contribution in [0.15, 0.2) is 59.5 Å². The van der Waals surface area contributed by atoms with Gasteiger partial charge in [0.05, 0.1) is 10.6 Å². The number of aromatic nitrogens is 4. The van der Waals surface area contributed by atoms with E-state index in [2.05, 4.69) is 20.6 Å². The number of benzene rings is 1. The number of halogens is 2. The van der Waals surface area contributed by atoms with Crippen molar-refractivity contribution >= 4 is 17.5 Å². The zero-order valence-corrected chi connectivity index (χ0v) is 16.0. The zero-order valence-electron chi connectivity index (χ0n) is 15.3. The third-order valence-corrected chi connectivity index (χ3v) is 4.63. The van der Waals surface area contributed by atoms with Crippen LogP contribution in [-0.2, 0) is 6.54 Å². The van der Waals surface area contributed by atoms with Crippen LogP contribution in [0.2, 0.25) is 5.02 Å². The first kappa shape index (κ1) is 18.8. The van der Waals surface area contributed by atoms with Crippen molar-refractivity contribution in [2.45, 2.75) is 13.5 Å². The fourth-order valence-corrected chi connectivity index (χ4v) is 3.22. The van der Waals surface area contributed by atoms with Gasteiger partial charge >= 0.3 is 0 Å². The Labute approximate surface area is 170 Å². The molecule has 1 aromatic carbocycles. The Balaban J connectivity index is 1.63. The van der Waals surface area contributed by atoms with E-state index >= 15 is 0 Å². The third kappa shape index (κ3) is 3.62. The standard InChI is InChI=1S/C20H15ClFN5O2/c1-12-16(18(26-29-12)17-14(21)6-2-7-15(17)22)20(28)24-11-13-5-3-8-23-19(13)27-10-4-9-25-27/h2-10H,11H2,1H3,(H,24,28). The van der Waals surface area contributed by atoms with E-state index in [1.165, 1.54) is 18.2 Å². The minimum absolute atomic E-state index is 0.0229. The van der Waals surface area contributed by atoms with Crippen LogP contribution in [0.1, 0.15) is 21.7 Å². The molecule has 0 aliphatic carbocycles. The molecule has 9 heteroatoms. The SMILES string of the molecule is Cc1onc(-c2c(F)cccc2Cl)c1C(=O)NCc1cccnc1-n1cccn1. The molecule has 3 aromatic heterocycles. The first-order valence-electron chi connectivity index (χ1n) is 8.69. The van der Waals surface area contributed by atoms with Crippen molar-refractivity contribution in [3.63, 3.8) is 0 Å². The smallest absolute Gasteiger partial charge is 0.257 e. The van der Waals surface area contributed by atoms with E-state index in [9.17, 15) is 9.18 Å². The van der Waals surface area contributed by atoms with Crippen molar-refractivity contribution in [2.24, 2.45) is 0 Å². The lowest BCUT2D eigenvalue weighted by atomic mass is 10.0. The molecule has 4 rings (SSSR count). The molecule has 0 bridgehead atoms. The molecule has 0 aliphatic heterocycles. The third-order valence-electron chi connectivity index (χ3n) is 4.32. The van der Waals surface area contributed by atoms with Crippen molar-refractivity contribution in [3.05, 3.63) is 82.7 Å². The van der Waals surface area contributed by atoms with Crippen molar-refractivity contribution in [3.8, 4) is 17.1 Å². The van der Waals surface area contributed by atoms with Crippen LogP contribution in [0, 0.1) is 12.7 Å². The van der Waals surface area contributed by atoms with E-state index in [1.54, 1.807) is 42.3 Å². The number of rotatable bonds is 5. The Bertz CT molecular complexity index is 1150. The highest BCUT2D eigenvalue weighted by Crippen LogP contribution is 2.33. The van der Waals surface area contributed by atoms with Gasteiger partial charge in [-0.2, -0.15) is 5.10 Å². The number of carbonyl (C=O) groups is 1. The number of hydrogen-bond acceptors (Lipinski definition) is 5. The average molecular weight is 412 g/mol. The highest BCUT2D eigenvalue weighted by molar-refractivity contribution is 6.33. The fourth-order valence-electron chi connectivity index (χ4n) is 2.97. The number of nitrogens with one attached hydrogen (secondary N) is 1. The van der Waals surface area contributed by atoms with E-state index in [0.717, 1.165) is 5.56 Å². The summed E-state index contributed by atoms with van der Waals surface area (Å²) in [7, 11) is 0. The zero-order chi connectivity index (χ0) is 20.4. The Kier molecular flexibility index (Phi) is 5.09. The first-order valence-corrected chi connectivity index (χ1v) is 9.07. The van der Waals surface area contributed by atoms with Gasteiger partial charge in [0, 0.05) is 30.7 Å². The molecule has 0 fully saturated rings. The summed E-state index contributed by atoms with van der Waals surface area (Å²) in [5, 5.41) is 11.0. The van der Waals surface area contributed by atoms with Gasteiger partial charge in [0.1, 0.15) is 22.8 Å². The van der Waals surface area contributed by atoms with Crippen molar-refractivity contribution < 1.29 is 13.7 Å². The van der Waals surface area contributed by atoms with E-state index in [0.29, 0.717) is 5.82 Å². The maximum atomic E-state index is 14.3. The molecule has 0 saturated carbocycles. The molecular formula is C20H15ClFN5O2. The molecular weight excluding hydrogens is 397 g/mol. The second-order valence-electron chi connectivity index (χ2n) is 6.18. The number of carbonyl (C=O) groups excluding carboxylic acids is 1. The van der Waals surface area contributed by atoms with Gasteiger partial charge < -0.3 is 9.84 Å². The number of pyridine rings is 1. The van der Waals surface area contributed by atoms with E-state index < -0.39 is 11.7 Å². The molecule has 146 valence electrons. The van der Waals surface area contributed by atoms with Gasteiger partial charge in [-0.25, -0.2) is 14.1 Å². The molecule has 0 aliphatic rings. The van der Waals surface area contributed by atoms with Gasteiger partial charge in [0.2, 0.25) is 0 Å². The van der Waals surface area contributed by atoms with Gasteiger partial charge in [-0.3, -0.25) is 4.79 Å². The Hall–Kier alpha value is -3.52. The maximum Gasteiger partial charge on any atom is 0.257 e. The molecule has 0 unspecified atom stereocenters. The predicted octanol–water partition coefficient (Wildman–Crippen LogP) is 3.95. The lowest BCUT2D eigenvalue weighted by molar-refractivity contribution is 0.0950. The second-order valence-corrected chi connectivity index (χ2v) is 6.59. The summed E-state index contributed by atoms with van der Waals surface area (Å²) >= 11 is 6.13. The number of aryl methyl sites for hydroxylation is 1. The summed E-state index contributed by atoms with van der Waals surface area (Å²) < 4.78 is 21.1. The van der Waals surface area contributed by atoms with Crippen LogP contribution >= 0.6 is 11.6 Å². The van der Waals surface area contributed by atoms with Crippen LogP contribution in [-0.4, -0.2) is 25.8 Å². The summed E-state index contributed by atoms with van der Waals surface area (Å²) in [6, 6.07) is 9.63. The molecule has 0 radical (unpaired) electrons. The highest BCUT2D eigenvalue weighted by atomic mass is 35.5. The Morgan fingerprint density at radius 3 is 2.86 bits per heavy atom. The van der Waals surface area contributed by atoms with E-state index in [1.807, 2.05) is 6.07 Å². The van der Waals surface area contributed by atoms with E-state index in [-0.39, 0.29) is 34.1 Å². The Morgan fingerprint density at radius 2 is 2.10 bits per heavy atom. The minimum atomic E-state index is -0.590. The molecule has 0 spiro atoms. The molecule has 7 nitrogen and oxygen atoms in total. The molecule has 4 aromatic rings.